The van der Waals surface area contributed by atoms with Crippen molar-refractivity contribution in [2.75, 3.05) is 11.9 Å². The van der Waals surface area contributed by atoms with E-state index in [9.17, 15) is 19.7 Å². The summed E-state index contributed by atoms with van der Waals surface area (Å²) in [4.78, 5) is 35.2. The molecule has 30 heavy (non-hydrogen) atoms. The third-order valence-electron chi connectivity index (χ3n) is 3.84. The minimum absolute atomic E-state index is 0.0469. The van der Waals surface area contributed by atoms with Crippen molar-refractivity contribution in [1.82, 2.24) is 5.32 Å². The number of furan rings is 1. The molecule has 0 radical (unpaired) electrons. The maximum atomic E-state index is 12.6. The Morgan fingerprint density at radius 2 is 2.10 bits per heavy atom. The number of thiophene rings is 1. The average Bonchev–Trinajstić information content (AvgIpc) is 3.38. The molecule has 0 atom stereocenters. The highest BCUT2D eigenvalue weighted by Gasteiger charge is 2.23. The fourth-order valence-corrected chi connectivity index (χ4v) is 3.78. The lowest BCUT2D eigenvalue weighted by Crippen LogP contribution is -2.34. The summed E-state index contributed by atoms with van der Waals surface area (Å²) in [6.45, 7) is 1.81. The fraction of sp³-hybridized carbons (Fsp3) is 0.105. The van der Waals surface area contributed by atoms with Crippen LogP contribution in [0.5, 0.6) is 0 Å². The summed E-state index contributed by atoms with van der Waals surface area (Å²) in [6, 6.07) is 8.95. The lowest BCUT2D eigenvalue weighted by molar-refractivity contribution is -0.384. The molecule has 3 aromatic rings. The number of hydrogen-bond acceptors (Lipinski definition) is 8. The predicted octanol–water partition coefficient (Wildman–Crippen LogP) is 4.22. The quantitative estimate of drug-likeness (QED) is 0.250. The van der Waals surface area contributed by atoms with Gasteiger partial charge in [-0.2, -0.15) is 0 Å². The highest BCUT2D eigenvalue weighted by Crippen LogP contribution is 2.37. The number of benzene rings is 1. The van der Waals surface area contributed by atoms with E-state index in [0.717, 1.165) is 11.3 Å². The van der Waals surface area contributed by atoms with Gasteiger partial charge in [0.2, 0.25) is 0 Å². The first-order chi connectivity index (χ1) is 14.4. The maximum absolute atomic E-state index is 12.6. The Kier molecular flexibility index (Phi) is 6.54. The van der Waals surface area contributed by atoms with Crippen LogP contribution in [0.2, 0.25) is 0 Å². The van der Waals surface area contributed by atoms with Crippen molar-refractivity contribution in [3.05, 3.63) is 69.5 Å². The van der Waals surface area contributed by atoms with E-state index in [1.807, 2.05) is 0 Å². The summed E-state index contributed by atoms with van der Waals surface area (Å²) < 4.78 is 10.1. The summed E-state index contributed by atoms with van der Waals surface area (Å²) in [5.74, 6) is -1.10. The molecule has 154 valence electrons. The smallest absolute Gasteiger partial charge is 0.341 e. The molecule has 9 nitrogen and oxygen atoms in total. The Hall–Kier alpha value is -3.57. The number of ether oxygens (including phenoxy) is 1. The molecule has 0 aliphatic carbocycles. The van der Waals surface area contributed by atoms with E-state index in [4.69, 9.17) is 21.4 Å². The molecule has 1 aromatic carbocycles. The molecule has 11 heteroatoms. The zero-order valence-electron chi connectivity index (χ0n) is 15.5. The number of amides is 1. The van der Waals surface area contributed by atoms with Crippen molar-refractivity contribution in [2.45, 2.75) is 6.92 Å². The van der Waals surface area contributed by atoms with E-state index in [2.05, 4.69) is 10.6 Å². The Morgan fingerprint density at radius 3 is 2.77 bits per heavy atom. The van der Waals surface area contributed by atoms with Crippen LogP contribution in [0.1, 0.15) is 27.8 Å². The topological polar surface area (TPSA) is 124 Å². The molecular formula is C19H15N3O6S2. The van der Waals surface area contributed by atoms with Gasteiger partial charge in [-0.25, -0.2) is 4.79 Å². The molecule has 3 rings (SSSR count). The fourth-order valence-electron chi connectivity index (χ4n) is 2.56. The van der Waals surface area contributed by atoms with Gasteiger partial charge < -0.3 is 14.5 Å². The number of hydrogen-bond donors (Lipinski definition) is 2. The predicted molar refractivity (Wildman–Crippen MR) is 115 cm³/mol. The van der Waals surface area contributed by atoms with Crippen LogP contribution in [0.15, 0.2) is 52.5 Å². The van der Waals surface area contributed by atoms with E-state index in [1.54, 1.807) is 24.4 Å². The van der Waals surface area contributed by atoms with Crippen LogP contribution in [-0.2, 0) is 4.74 Å². The highest BCUT2D eigenvalue weighted by molar-refractivity contribution is 7.80. The van der Waals surface area contributed by atoms with Crippen LogP contribution in [-0.4, -0.2) is 28.5 Å². The molecule has 0 aliphatic heterocycles. The van der Waals surface area contributed by atoms with Crippen LogP contribution in [0.3, 0.4) is 0 Å². The molecule has 0 aliphatic rings. The van der Waals surface area contributed by atoms with Gasteiger partial charge in [0.1, 0.15) is 10.6 Å². The van der Waals surface area contributed by atoms with Crippen molar-refractivity contribution in [1.29, 1.82) is 0 Å². The first-order valence-corrected chi connectivity index (χ1v) is 9.88. The van der Waals surface area contributed by atoms with Gasteiger partial charge in [-0.1, -0.05) is 12.1 Å². The Bertz CT molecular complexity index is 1110. The first-order valence-electron chi connectivity index (χ1n) is 8.60. The molecule has 0 bridgehead atoms. The SMILES string of the molecule is CCOC(=O)c1c(-c2cccc([N+](=O)[O-])c2)csc1NC(=S)NC(=O)c1ccco1. The van der Waals surface area contributed by atoms with E-state index in [0.29, 0.717) is 16.1 Å². The number of non-ortho nitro benzene ring substituents is 1. The van der Waals surface area contributed by atoms with E-state index in [-0.39, 0.29) is 28.7 Å². The third-order valence-corrected chi connectivity index (χ3v) is 4.94. The standard InChI is InChI=1S/C19H15N3O6S2/c1-2-27-18(24)15-13(11-5-3-6-12(9-11)22(25)26)10-30-17(15)21-19(29)20-16(23)14-7-4-8-28-14/h3-10H,2H2,1H3,(H2,20,21,23,29). The zero-order chi connectivity index (χ0) is 21.7. The molecule has 2 N–H and O–H groups in total. The number of carbonyl (C=O) groups is 2. The largest absolute Gasteiger partial charge is 0.462 e. The second kappa shape index (κ2) is 9.29. The molecule has 0 saturated carbocycles. The molecule has 2 heterocycles. The van der Waals surface area contributed by atoms with Gasteiger partial charge in [-0.3, -0.25) is 20.2 Å². The van der Waals surface area contributed by atoms with E-state index >= 15 is 0 Å². The van der Waals surface area contributed by atoms with Gasteiger partial charge >= 0.3 is 5.97 Å². The Labute approximate surface area is 179 Å². The number of thiocarbonyl (C=S) groups is 1. The Balaban J connectivity index is 1.90. The highest BCUT2D eigenvalue weighted by atomic mass is 32.1. The maximum Gasteiger partial charge on any atom is 0.341 e. The first kappa shape index (κ1) is 21.1. The van der Waals surface area contributed by atoms with Crippen molar-refractivity contribution < 1.29 is 23.7 Å². The number of anilines is 1. The van der Waals surface area contributed by atoms with Gasteiger partial charge in [0.15, 0.2) is 10.9 Å². The number of nitro groups is 1. The van der Waals surface area contributed by atoms with Gasteiger partial charge in [-0.15, -0.1) is 11.3 Å². The van der Waals surface area contributed by atoms with Crippen LogP contribution < -0.4 is 10.6 Å². The molecule has 0 unspecified atom stereocenters. The number of nitrogens with one attached hydrogen (secondary N) is 2. The second-order valence-electron chi connectivity index (χ2n) is 5.77. The number of carbonyl (C=O) groups excluding carboxylic acids is 2. The molecule has 0 spiro atoms. The van der Waals surface area contributed by atoms with Gasteiger partial charge in [0, 0.05) is 23.1 Å². The van der Waals surface area contributed by atoms with Crippen LogP contribution >= 0.6 is 23.6 Å². The van der Waals surface area contributed by atoms with Crippen LogP contribution in [0, 0.1) is 10.1 Å². The third kappa shape index (κ3) is 4.70. The van der Waals surface area contributed by atoms with Crippen molar-refractivity contribution in [3.63, 3.8) is 0 Å². The van der Waals surface area contributed by atoms with Crippen LogP contribution in [0.25, 0.3) is 11.1 Å². The second-order valence-corrected chi connectivity index (χ2v) is 7.05. The normalized spacial score (nSPS) is 10.3. The number of nitro benzene ring substituents is 1. The number of esters is 1. The molecule has 0 fully saturated rings. The molecule has 0 saturated heterocycles. The van der Waals surface area contributed by atoms with E-state index in [1.165, 1.54) is 30.5 Å². The monoisotopic (exact) mass is 445 g/mol. The van der Waals surface area contributed by atoms with Crippen molar-refractivity contribution in [3.8, 4) is 11.1 Å². The summed E-state index contributed by atoms with van der Waals surface area (Å²) in [6.07, 6.45) is 1.36. The molecular weight excluding hydrogens is 430 g/mol. The average molecular weight is 445 g/mol. The van der Waals surface area contributed by atoms with Crippen molar-refractivity contribution >= 4 is 51.2 Å². The van der Waals surface area contributed by atoms with E-state index < -0.39 is 16.8 Å². The lowest BCUT2D eigenvalue weighted by Gasteiger charge is -2.10. The number of rotatable bonds is 6. The Morgan fingerprint density at radius 1 is 1.30 bits per heavy atom. The van der Waals surface area contributed by atoms with Gasteiger partial charge in [0.25, 0.3) is 11.6 Å². The molecule has 2 aromatic heterocycles. The summed E-state index contributed by atoms with van der Waals surface area (Å²) in [5, 5.41) is 18.3. The lowest BCUT2D eigenvalue weighted by atomic mass is 10.0. The van der Waals surface area contributed by atoms with Crippen LogP contribution in [0.4, 0.5) is 10.7 Å². The molecule has 1 amide bonds. The zero-order valence-corrected chi connectivity index (χ0v) is 17.2. The number of nitrogens with zero attached hydrogens (tertiary/aromatic N) is 1. The summed E-state index contributed by atoms with van der Waals surface area (Å²) in [5.41, 5.74) is 0.980. The van der Waals surface area contributed by atoms with Gasteiger partial charge in [-0.05, 0) is 36.8 Å². The summed E-state index contributed by atoms with van der Waals surface area (Å²) >= 11 is 6.31. The minimum Gasteiger partial charge on any atom is -0.462 e. The van der Waals surface area contributed by atoms with Gasteiger partial charge in [0.05, 0.1) is 17.8 Å². The van der Waals surface area contributed by atoms with Crippen molar-refractivity contribution in [2.24, 2.45) is 0 Å². The summed E-state index contributed by atoms with van der Waals surface area (Å²) in [7, 11) is 0. The minimum atomic E-state index is -0.622.